The van der Waals surface area contributed by atoms with Crippen LogP contribution in [-0.4, -0.2) is 5.71 Å². The van der Waals surface area contributed by atoms with Crippen LogP contribution in [0, 0.1) is 46.3 Å². The number of fused-ring (bicyclic) bond motifs is 5. The van der Waals surface area contributed by atoms with Gasteiger partial charge < -0.3 is 0 Å². The molecule has 2 nitrogen and oxygen atoms in total. The number of benzene rings is 1. The largest absolute Gasteiger partial charge is 0.278 e. The third kappa shape index (κ3) is 4.64. The minimum atomic E-state index is 0.320. The number of nitrogens with zero attached hydrogens (tertiary/aromatic N) is 1. The zero-order valence-corrected chi connectivity index (χ0v) is 23.2. The van der Waals surface area contributed by atoms with Crippen molar-refractivity contribution in [2.45, 2.75) is 105 Å². The van der Waals surface area contributed by atoms with Gasteiger partial charge in [0.25, 0.3) is 0 Å². The van der Waals surface area contributed by atoms with Gasteiger partial charge in [-0.1, -0.05) is 78.2 Å². The molecule has 0 bridgehead atoms. The van der Waals surface area contributed by atoms with Crippen molar-refractivity contribution in [1.82, 2.24) is 0 Å². The Morgan fingerprint density at radius 1 is 0.971 bits per heavy atom. The van der Waals surface area contributed by atoms with Gasteiger partial charge in [0.1, 0.15) is 0 Å². The lowest BCUT2D eigenvalue weighted by atomic mass is 9.46. The van der Waals surface area contributed by atoms with Crippen LogP contribution < -0.4 is 5.43 Å². The Bertz CT molecular complexity index is 930. The molecule has 1 aromatic rings. The van der Waals surface area contributed by atoms with Crippen molar-refractivity contribution in [3.8, 4) is 0 Å². The summed E-state index contributed by atoms with van der Waals surface area (Å²) in [6.45, 7) is 12.7. The molecule has 0 spiro atoms. The predicted octanol–water partition coefficient (Wildman–Crippen LogP) is 9.50. The lowest BCUT2D eigenvalue weighted by molar-refractivity contribution is -0.0438. The van der Waals surface area contributed by atoms with E-state index in [0.717, 1.165) is 41.2 Å². The van der Waals surface area contributed by atoms with Crippen molar-refractivity contribution in [3.63, 3.8) is 0 Å². The van der Waals surface area contributed by atoms with Gasteiger partial charge in [-0.25, -0.2) is 0 Å². The van der Waals surface area contributed by atoms with Crippen LogP contribution in [-0.2, 0) is 0 Å². The Kier molecular flexibility index (Phi) is 7.21. The standard InChI is InChI=1S/C33H50N2/c1-23(2)12-11-13-24(3)27-17-18-28-26-22-31(35-34-25-14-7-6-8-15-25)30-16-9-10-20-32(30,4)29(26)19-21-33(27,28)5/h6-8,14-16,23-24,26-29,34H,9-13,17-22H2,1-5H3/b35-31+/t24?,26?,27-,28?,29?,32-,33-/m1/s1. The van der Waals surface area contributed by atoms with E-state index in [1.54, 1.807) is 5.57 Å². The second kappa shape index (κ2) is 10.1. The molecule has 0 aliphatic heterocycles. The second-order valence-electron chi connectivity index (χ2n) is 13.6. The van der Waals surface area contributed by atoms with Gasteiger partial charge in [0.05, 0.1) is 11.4 Å². The number of para-hydroxylation sites is 1. The van der Waals surface area contributed by atoms with E-state index in [2.05, 4.69) is 76.5 Å². The summed E-state index contributed by atoms with van der Waals surface area (Å²) >= 11 is 0. The fraction of sp³-hybridized carbons (Fsp3) is 0.727. The summed E-state index contributed by atoms with van der Waals surface area (Å²) in [5.41, 5.74) is 8.35. The SMILES string of the molecule is CC(C)CCCC(C)[C@H]1CCC2C3C/C(=N\Nc4ccccc4)C4=CCCC[C@]4(C)C3CC[C@@]21C. The normalized spacial score (nSPS) is 38.5. The topological polar surface area (TPSA) is 24.4 Å². The van der Waals surface area contributed by atoms with Crippen LogP contribution in [0.2, 0.25) is 0 Å². The van der Waals surface area contributed by atoms with Gasteiger partial charge in [-0.2, -0.15) is 5.10 Å². The maximum Gasteiger partial charge on any atom is 0.0644 e. The van der Waals surface area contributed by atoms with Crippen LogP contribution in [0.15, 0.2) is 47.1 Å². The fourth-order valence-electron chi connectivity index (χ4n) is 9.39. The molecule has 4 aliphatic rings. The van der Waals surface area contributed by atoms with Crippen molar-refractivity contribution in [2.24, 2.45) is 51.4 Å². The first-order valence-corrected chi connectivity index (χ1v) is 14.9. The molecule has 5 rings (SSSR count). The number of anilines is 1. The van der Waals surface area contributed by atoms with E-state index in [0.29, 0.717) is 10.8 Å². The number of hydrogen-bond acceptors (Lipinski definition) is 2. The highest BCUT2D eigenvalue weighted by molar-refractivity contribution is 6.03. The first-order valence-electron chi connectivity index (χ1n) is 14.9. The van der Waals surface area contributed by atoms with Gasteiger partial charge in [0.15, 0.2) is 0 Å². The van der Waals surface area contributed by atoms with E-state index < -0.39 is 0 Å². The summed E-state index contributed by atoms with van der Waals surface area (Å²) in [6.07, 6.45) is 17.7. The molecule has 1 N–H and O–H groups in total. The molecule has 0 amide bonds. The summed E-state index contributed by atoms with van der Waals surface area (Å²) in [4.78, 5) is 0. The van der Waals surface area contributed by atoms with Gasteiger partial charge >= 0.3 is 0 Å². The highest BCUT2D eigenvalue weighted by Gasteiger charge is 2.60. The van der Waals surface area contributed by atoms with Gasteiger partial charge in [0, 0.05) is 0 Å². The van der Waals surface area contributed by atoms with Crippen molar-refractivity contribution in [1.29, 1.82) is 0 Å². The minimum absolute atomic E-state index is 0.320. The average Bonchev–Trinajstić information content (AvgIpc) is 3.20. The zero-order chi connectivity index (χ0) is 24.6. The summed E-state index contributed by atoms with van der Waals surface area (Å²) in [6, 6.07) is 10.5. The number of hydrazone groups is 1. The maximum absolute atomic E-state index is 5.12. The molecule has 7 atom stereocenters. The van der Waals surface area contributed by atoms with Crippen molar-refractivity contribution < 1.29 is 0 Å². The van der Waals surface area contributed by atoms with Crippen LogP contribution in [0.4, 0.5) is 5.69 Å². The van der Waals surface area contributed by atoms with E-state index in [1.165, 1.54) is 76.3 Å². The van der Waals surface area contributed by atoms with Gasteiger partial charge in [-0.05, 0) is 115 Å². The Morgan fingerprint density at radius 3 is 2.54 bits per heavy atom. The Morgan fingerprint density at radius 2 is 1.77 bits per heavy atom. The lowest BCUT2D eigenvalue weighted by Crippen LogP contribution is -2.53. The third-order valence-corrected chi connectivity index (χ3v) is 11.2. The smallest absolute Gasteiger partial charge is 0.0644 e. The monoisotopic (exact) mass is 474 g/mol. The summed E-state index contributed by atoms with van der Waals surface area (Å²) in [7, 11) is 0. The quantitative estimate of drug-likeness (QED) is 0.391. The van der Waals surface area contributed by atoms with Gasteiger partial charge in [0.2, 0.25) is 0 Å². The highest BCUT2D eigenvalue weighted by atomic mass is 15.3. The molecule has 192 valence electrons. The molecule has 1 aromatic carbocycles. The van der Waals surface area contributed by atoms with Crippen molar-refractivity contribution >= 4 is 11.4 Å². The molecule has 0 radical (unpaired) electrons. The van der Waals surface area contributed by atoms with Crippen LogP contribution in [0.5, 0.6) is 0 Å². The summed E-state index contributed by atoms with van der Waals surface area (Å²) in [5, 5.41) is 5.12. The average molecular weight is 475 g/mol. The number of hydrogen-bond donors (Lipinski definition) is 1. The fourth-order valence-corrected chi connectivity index (χ4v) is 9.39. The van der Waals surface area contributed by atoms with Crippen molar-refractivity contribution in [2.75, 3.05) is 5.43 Å². The zero-order valence-electron chi connectivity index (χ0n) is 23.2. The van der Waals surface area contributed by atoms with E-state index in [-0.39, 0.29) is 0 Å². The maximum atomic E-state index is 5.12. The van der Waals surface area contributed by atoms with Crippen molar-refractivity contribution in [3.05, 3.63) is 42.0 Å². The number of nitrogens with one attached hydrogen (secondary N) is 1. The van der Waals surface area contributed by atoms with Crippen LogP contribution in [0.3, 0.4) is 0 Å². The molecule has 4 aliphatic carbocycles. The summed E-state index contributed by atoms with van der Waals surface area (Å²) in [5.74, 6) is 5.15. The van der Waals surface area contributed by atoms with Crippen LogP contribution in [0.25, 0.3) is 0 Å². The Hall–Kier alpha value is -1.57. The van der Waals surface area contributed by atoms with Gasteiger partial charge in [-0.15, -0.1) is 0 Å². The molecule has 0 aromatic heterocycles. The van der Waals surface area contributed by atoms with Crippen LogP contribution >= 0.6 is 0 Å². The van der Waals surface area contributed by atoms with Crippen LogP contribution in [0.1, 0.15) is 105 Å². The molecular formula is C33H50N2. The first-order chi connectivity index (χ1) is 16.8. The summed E-state index contributed by atoms with van der Waals surface area (Å²) < 4.78 is 0. The van der Waals surface area contributed by atoms with E-state index >= 15 is 0 Å². The molecule has 3 saturated carbocycles. The lowest BCUT2D eigenvalue weighted by Gasteiger charge is -2.58. The molecule has 0 heterocycles. The molecule has 4 unspecified atom stereocenters. The minimum Gasteiger partial charge on any atom is -0.278 e. The third-order valence-electron chi connectivity index (χ3n) is 11.2. The molecular weight excluding hydrogens is 424 g/mol. The molecule has 0 saturated heterocycles. The van der Waals surface area contributed by atoms with E-state index in [9.17, 15) is 0 Å². The first kappa shape index (κ1) is 25.1. The Labute approximate surface area is 215 Å². The van der Waals surface area contributed by atoms with E-state index in [1.807, 2.05) is 0 Å². The predicted molar refractivity (Wildman–Crippen MR) is 151 cm³/mol. The van der Waals surface area contributed by atoms with E-state index in [4.69, 9.17) is 5.10 Å². The molecule has 2 heteroatoms. The van der Waals surface area contributed by atoms with Gasteiger partial charge in [-0.3, -0.25) is 5.43 Å². The Balaban J connectivity index is 1.39. The number of rotatable bonds is 7. The second-order valence-corrected chi connectivity index (χ2v) is 13.6. The molecule has 3 fully saturated rings. The highest BCUT2D eigenvalue weighted by Crippen LogP contribution is 2.67. The molecule has 35 heavy (non-hydrogen) atoms. The number of allylic oxidation sites excluding steroid dienone is 2.